The number of piperidine rings is 1. The van der Waals surface area contributed by atoms with Gasteiger partial charge in [0.2, 0.25) is 10.0 Å². The summed E-state index contributed by atoms with van der Waals surface area (Å²) in [6.45, 7) is 6.43. The Bertz CT molecular complexity index is 614. The molecule has 2 rings (SSSR count). The van der Waals surface area contributed by atoms with Crippen molar-refractivity contribution >= 4 is 10.0 Å². The van der Waals surface area contributed by atoms with Crippen LogP contribution < -0.4 is 0 Å². The smallest absolute Gasteiger partial charge is 0.246 e. The van der Waals surface area contributed by atoms with Crippen molar-refractivity contribution in [1.29, 1.82) is 0 Å². The molecule has 1 aromatic rings. The van der Waals surface area contributed by atoms with Crippen LogP contribution in [-0.2, 0) is 22.5 Å². The van der Waals surface area contributed by atoms with E-state index in [0.29, 0.717) is 23.6 Å². The quantitative estimate of drug-likeness (QED) is 0.911. The van der Waals surface area contributed by atoms with Gasteiger partial charge in [0.05, 0.1) is 5.69 Å². The summed E-state index contributed by atoms with van der Waals surface area (Å²) in [5.74, 6) is 0. The molecule has 0 saturated carbocycles. The van der Waals surface area contributed by atoms with Crippen LogP contribution in [0.15, 0.2) is 11.1 Å². The van der Waals surface area contributed by atoms with Crippen LogP contribution >= 0.6 is 0 Å². The molecule has 1 atom stereocenters. The van der Waals surface area contributed by atoms with Crippen molar-refractivity contribution in [2.45, 2.75) is 62.8 Å². The summed E-state index contributed by atoms with van der Waals surface area (Å²) in [6, 6.07) is -0.114. The molecule has 22 heavy (non-hydrogen) atoms. The number of hydrogen-bond donors (Lipinski definition) is 1. The monoisotopic (exact) mass is 329 g/mol. The Hall–Kier alpha value is -0.920. The van der Waals surface area contributed by atoms with Crippen LogP contribution in [0.1, 0.15) is 52.1 Å². The zero-order chi connectivity index (χ0) is 16.5. The molecule has 0 spiro atoms. The minimum Gasteiger partial charge on any atom is -0.396 e. The lowest BCUT2D eigenvalue weighted by atomic mass is 9.92. The van der Waals surface area contributed by atoms with Crippen molar-refractivity contribution in [1.82, 2.24) is 14.1 Å². The van der Waals surface area contributed by atoms with Crippen LogP contribution in [0, 0.1) is 0 Å². The lowest BCUT2D eigenvalue weighted by Gasteiger charge is -2.34. The van der Waals surface area contributed by atoms with Gasteiger partial charge in [0.1, 0.15) is 4.90 Å². The third-order valence-corrected chi connectivity index (χ3v) is 6.08. The van der Waals surface area contributed by atoms with Gasteiger partial charge in [-0.05, 0) is 19.3 Å². The third kappa shape index (κ3) is 3.36. The van der Waals surface area contributed by atoms with Gasteiger partial charge >= 0.3 is 0 Å². The normalized spacial score (nSPS) is 21.2. The first-order valence-corrected chi connectivity index (χ1v) is 9.28. The number of sulfonamides is 1. The average molecular weight is 329 g/mol. The van der Waals surface area contributed by atoms with Gasteiger partial charge in [-0.1, -0.05) is 27.2 Å². The highest BCUT2D eigenvalue weighted by molar-refractivity contribution is 7.89. The van der Waals surface area contributed by atoms with Crippen molar-refractivity contribution < 1.29 is 13.5 Å². The maximum absolute atomic E-state index is 13.1. The highest BCUT2D eigenvalue weighted by Gasteiger charge is 2.37. The average Bonchev–Trinajstić information content (AvgIpc) is 2.82. The van der Waals surface area contributed by atoms with Crippen molar-refractivity contribution in [3.05, 3.63) is 11.9 Å². The molecule has 1 N–H and O–H groups in total. The number of aromatic nitrogens is 2. The zero-order valence-electron chi connectivity index (χ0n) is 13.9. The second-order valence-electron chi connectivity index (χ2n) is 7.04. The van der Waals surface area contributed by atoms with Gasteiger partial charge in [-0.2, -0.15) is 9.40 Å². The Morgan fingerprint density at radius 3 is 2.64 bits per heavy atom. The Kier molecular flexibility index (Phi) is 4.99. The molecule has 1 aliphatic heterocycles. The second kappa shape index (κ2) is 6.29. The number of hydrogen-bond acceptors (Lipinski definition) is 4. The van der Waals surface area contributed by atoms with Crippen LogP contribution in [0.5, 0.6) is 0 Å². The van der Waals surface area contributed by atoms with Gasteiger partial charge < -0.3 is 5.11 Å². The SMILES string of the molecule is Cn1cc(S(=O)(=O)N2CCCCC2CCO)c(C(C)(C)C)n1. The minimum atomic E-state index is -3.59. The van der Waals surface area contributed by atoms with Gasteiger partial charge in [0.15, 0.2) is 0 Å². The molecule has 0 bridgehead atoms. The zero-order valence-corrected chi connectivity index (χ0v) is 14.7. The summed E-state index contributed by atoms with van der Waals surface area (Å²) >= 11 is 0. The highest BCUT2D eigenvalue weighted by Crippen LogP contribution is 2.32. The molecule has 1 aliphatic rings. The van der Waals surface area contributed by atoms with Crippen molar-refractivity contribution in [2.24, 2.45) is 7.05 Å². The first kappa shape index (κ1) is 17.4. The number of aliphatic hydroxyl groups excluding tert-OH is 1. The Morgan fingerprint density at radius 2 is 2.05 bits per heavy atom. The summed E-state index contributed by atoms with van der Waals surface area (Å²) in [5.41, 5.74) is 0.259. The molecule has 6 nitrogen and oxygen atoms in total. The number of aryl methyl sites for hydroxylation is 1. The second-order valence-corrected chi connectivity index (χ2v) is 8.90. The predicted molar refractivity (Wildman–Crippen MR) is 85.1 cm³/mol. The standard InChI is InChI=1S/C15H27N3O3S/c1-15(2,3)14-13(11-17(4)16-14)22(20,21)18-9-6-5-7-12(18)8-10-19/h11-12,19H,5-10H2,1-4H3. The van der Waals surface area contributed by atoms with E-state index < -0.39 is 10.0 Å². The summed E-state index contributed by atoms with van der Waals surface area (Å²) < 4.78 is 29.4. The van der Waals surface area contributed by atoms with Gasteiger partial charge in [0.25, 0.3) is 0 Å². The Balaban J connectivity index is 2.46. The molecule has 2 heterocycles. The molecule has 0 aromatic carbocycles. The van der Waals surface area contributed by atoms with Gasteiger partial charge in [-0.25, -0.2) is 8.42 Å². The molecule has 1 aromatic heterocycles. The van der Waals surface area contributed by atoms with Crippen molar-refractivity contribution in [3.8, 4) is 0 Å². The first-order valence-electron chi connectivity index (χ1n) is 7.84. The van der Waals surface area contributed by atoms with E-state index in [1.54, 1.807) is 22.2 Å². The highest BCUT2D eigenvalue weighted by atomic mass is 32.2. The van der Waals surface area contributed by atoms with Crippen LogP contribution in [0.4, 0.5) is 0 Å². The molecule has 7 heteroatoms. The predicted octanol–water partition coefficient (Wildman–Crippen LogP) is 1.64. The topological polar surface area (TPSA) is 75.4 Å². The van der Waals surface area contributed by atoms with Crippen LogP contribution in [0.25, 0.3) is 0 Å². The van der Waals surface area contributed by atoms with Crippen LogP contribution in [0.2, 0.25) is 0 Å². The number of nitrogens with zero attached hydrogens (tertiary/aromatic N) is 3. The molecule has 1 saturated heterocycles. The lowest BCUT2D eigenvalue weighted by Crippen LogP contribution is -2.44. The van der Waals surface area contributed by atoms with Gasteiger partial charge in [-0.15, -0.1) is 0 Å². The van der Waals surface area contributed by atoms with E-state index in [2.05, 4.69) is 5.10 Å². The van der Waals surface area contributed by atoms with Gasteiger partial charge in [-0.3, -0.25) is 4.68 Å². The van der Waals surface area contributed by atoms with Gasteiger partial charge in [0, 0.05) is 37.9 Å². The minimum absolute atomic E-state index is 0.00978. The number of aliphatic hydroxyl groups is 1. The Morgan fingerprint density at radius 1 is 1.36 bits per heavy atom. The van der Waals surface area contributed by atoms with E-state index in [1.165, 1.54) is 0 Å². The molecule has 1 fully saturated rings. The molecule has 0 amide bonds. The summed E-state index contributed by atoms with van der Waals surface area (Å²) in [7, 11) is -1.84. The fraction of sp³-hybridized carbons (Fsp3) is 0.800. The van der Waals surface area contributed by atoms with Crippen molar-refractivity contribution in [3.63, 3.8) is 0 Å². The molecule has 0 radical (unpaired) electrons. The van der Waals surface area contributed by atoms with E-state index in [9.17, 15) is 13.5 Å². The van der Waals surface area contributed by atoms with E-state index in [-0.39, 0.29) is 18.1 Å². The summed E-state index contributed by atoms with van der Waals surface area (Å²) in [6.07, 6.45) is 4.78. The van der Waals surface area contributed by atoms with Crippen LogP contribution in [-0.4, -0.2) is 46.8 Å². The van der Waals surface area contributed by atoms with E-state index in [1.807, 2.05) is 20.8 Å². The maximum atomic E-state index is 13.1. The Labute approximate surface area is 133 Å². The first-order chi connectivity index (χ1) is 10.2. The molecule has 126 valence electrons. The van der Waals surface area contributed by atoms with E-state index in [4.69, 9.17) is 0 Å². The van der Waals surface area contributed by atoms with E-state index >= 15 is 0 Å². The summed E-state index contributed by atoms with van der Waals surface area (Å²) in [4.78, 5) is 0.298. The van der Waals surface area contributed by atoms with E-state index in [0.717, 1.165) is 19.3 Å². The largest absolute Gasteiger partial charge is 0.396 e. The fourth-order valence-electron chi connectivity index (χ4n) is 3.03. The molecular formula is C15H27N3O3S. The number of rotatable bonds is 4. The van der Waals surface area contributed by atoms with Crippen LogP contribution in [0.3, 0.4) is 0 Å². The fourth-order valence-corrected chi connectivity index (χ4v) is 5.13. The lowest BCUT2D eigenvalue weighted by molar-refractivity contribution is 0.192. The van der Waals surface area contributed by atoms with Crippen molar-refractivity contribution in [2.75, 3.05) is 13.2 Å². The maximum Gasteiger partial charge on any atom is 0.246 e. The molecule has 0 aliphatic carbocycles. The summed E-state index contributed by atoms with van der Waals surface area (Å²) in [5, 5.41) is 13.6. The molecular weight excluding hydrogens is 302 g/mol. The molecule has 1 unspecified atom stereocenters. The third-order valence-electron chi connectivity index (χ3n) is 4.13.